The van der Waals surface area contributed by atoms with Gasteiger partial charge in [0, 0.05) is 31.6 Å². The van der Waals surface area contributed by atoms with Gasteiger partial charge in [0.2, 0.25) is 5.91 Å². The zero-order chi connectivity index (χ0) is 19.1. The largest absolute Gasteiger partial charge is 0.352 e. The maximum absolute atomic E-state index is 12.0. The second kappa shape index (κ2) is 10.6. The molecule has 2 aliphatic rings. The van der Waals surface area contributed by atoms with Crippen LogP contribution < -0.4 is 15.4 Å². The van der Waals surface area contributed by atoms with Gasteiger partial charge in [-0.3, -0.25) is 14.5 Å². The summed E-state index contributed by atoms with van der Waals surface area (Å²) in [7, 11) is -3.47. The lowest BCUT2D eigenvalue weighted by Gasteiger charge is -2.14. The lowest BCUT2D eigenvalue weighted by molar-refractivity contribution is -0.121. The molecule has 0 aliphatic carbocycles. The van der Waals surface area contributed by atoms with Gasteiger partial charge in [-0.2, -0.15) is 0 Å². The molecule has 1 amide bonds. The summed E-state index contributed by atoms with van der Waals surface area (Å²) < 4.78 is 26.5. The van der Waals surface area contributed by atoms with Crippen molar-refractivity contribution in [1.82, 2.24) is 15.4 Å². The summed E-state index contributed by atoms with van der Waals surface area (Å²) in [4.78, 5) is 16.5. The first-order valence-corrected chi connectivity index (χ1v) is 10.9. The van der Waals surface area contributed by atoms with E-state index in [-0.39, 0.29) is 23.2 Å². The van der Waals surface area contributed by atoms with Crippen molar-refractivity contribution in [2.24, 2.45) is 4.99 Å². The molecule has 9 heteroatoms. The molecule has 0 spiro atoms. The fourth-order valence-electron chi connectivity index (χ4n) is 3.15. The van der Waals surface area contributed by atoms with E-state index in [0.717, 1.165) is 38.8 Å². The Labute approximate surface area is 172 Å². The number of hydrogen-bond acceptors (Lipinski definition) is 5. The Balaban J connectivity index is 0.00000280. The number of carbonyl (C=O) groups excluding carboxylic acids is 1. The zero-order valence-corrected chi connectivity index (χ0v) is 17.4. The fraction of sp³-hybridized carbons (Fsp3) is 0.474. The molecule has 0 bridgehead atoms. The van der Waals surface area contributed by atoms with Crippen LogP contribution in [0.15, 0.2) is 45.8 Å². The third-order valence-electron chi connectivity index (χ3n) is 4.67. The number of rotatable bonds is 8. The van der Waals surface area contributed by atoms with Gasteiger partial charge in [0.1, 0.15) is 5.84 Å². The number of nitrogens with one attached hydrogen (secondary N) is 3. The van der Waals surface area contributed by atoms with E-state index in [2.05, 4.69) is 26.4 Å². The molecule has 0 unspecified atom stereocenters. The van der Waals surface area contributed by atoms with Crippen molar-refractivity contribution in [1.29, 1.82) is 0 Å². The van der Waals surface area contributed by atoms with E-state index in [1.54, 1.807) is 24.3 Å². The summed E-state index contributed by atoms with van der Waals surface area (Å²) in [6.45, 7) is 3.04. The van der Waals surface area contributed by atoms with Crippen LogP contribution >= 0.6 is 12.4 Å². The minimum Gasteiger partial charge on any atom is -0.352 e. The summed E-state index contributed by atoms with van der Waals surface area (Å²) >= 11 is 0. The van der Waals surface area contributed by atoms with Crippen molar-refractivity contribution in [2.75, 3.05) is 26.2 Å². The van der Waals surface area contributed by atoms with Gasteiger partial charge in [-0.1, -0.05) is 30.2 Å². The van der Waals surface area contributed by atoms with Crippen LogP contribution in [-0.2, 0) is 14.8 Å². The van der Waals surface area contributed by atoms with E-state index >= 15 is 0 Å². The van der Waals surface area contributed by atoms with Crippen molar-refractivity contribution in [3.63, 3.8) is 0 Å². The third kappa shape index (κ3) is 6.05. The van der Waals surface area contributed by atoms with Crippen molar-refractivity contribution < 1.29 is 13.2 Å². The molecule has 7 nitrogen and oxygen atoms in total. The highest BCUT2D eigenvalue weighted by atomic mass is 35.5. The van der Waals surface area contributed by atoms with Crippen LogP contribution in [-0.4, -0.2) is 46.3 Å². The molecule has 2 aliphatic heterocycles. The molecule has 28 heavy (non-hydrogen) atoms. The molecule has 0 atom stereocenters. The topological polar surface area (TPSA) is 99.7 Å². The highest BCUT2D eigenvalue weighted by molar-refractivity contribution is 7.90. The van der Waals surface area contributed by atoms with E-state index in [1.165, 1.54) is 5.57 Å². The van der Waals surface area contributed by atoms with Crippen LogP contribution in [0.3, 0.4) is 0 Å². The Morgan fingerprint density at radius 1 is 1.18 bits per heavy atom. The molecule has 3 N–H and O–H groups in total. The standard InChI is InChI=1S/C19H26N4O3S.ClH/c24-18(22-14-15-9-12-20-13-10-15)8-2-1-5-11-21-19-16-6-3-4-7-17(16)27(25,26)23-19;/h3-4,6-7,9,20H,1-2,5,8,10-14H2,(H,21,23)(H,22,24);1H. The highest BCUT2D eigenvalue weighted by Gasteiger charge is 2.29. The van der Waals surface area contributed by atoms with Gasteiger partial charge in [0.25, 0.3) is 10.0 Å². The quantitative estimate of drug-likeness (QED) is 0.435. The van der Waals surface area contributed by atoms with Crippen LogP contribution in [0.1, 0.15) is 37.7 Å². The van der Waals surface area contributed by atoms with Gasteiger partial charge in [-0.15, -0.1) is 12.4 Å². The first-order valence-electron chi connectivity index (χ1n) is 9.38. The molecular weight excluding hydrogens is 400 g/mol. The summed E-state index contributed by atoms with van der Waals surface area (Å²) in [5.74, 6) is 0.497. The zero-order valence-electron chi connectivity index (χ0n) is 15.7. The number of carbonyl (C=O) groups is 1. The third-order valence-corrected chi connectivity index (χ3v) is 6.06. The van der Waals surface area contributed by atoms with E-state index in [9.17, 15) is 13.2 Å². The Hall–Kier alpha value is -1.90. The highest BCUT2D eigenvalue weighted by Crippen LogP contribution is 2.22. The molecule has 0 saturated heterocycles. The van der Waals surface area contributed by atoms with E-state index < -0.39 is 10.0 Å². The number of aliphatic imine (C=N–C) groups is 1. The number of amides is 1. The van der Waals surface area contributed by atoms with Crippen molar-refractivity contribution >= 4 is 34.2 Å². The first-order chi connectivity index (χ1) is 13.1. The minimum atomic E-state index is -3.47. The number of benzene rings is 1. The summed E-state index contributed by atoms with van der Waals surface area (Å²) in [5.41, 5.74) is 1.92. The van der Waals surface area contributed by atoms with Crippen LogP contribution in [0.2, 0.25) is 0 Å². The van der Waals surface area contributed by atoms with Crippen molar-refractivity contribution in [3.8, 4) is 0 Å². The number of amidine groups is 1. The second-order valence-electron chi connectivity index (χ2n) is 6.74. The van der Waals surface area contributed by atoms with E-state index in [4.69, 9.17) is 0 Å². The summed E-state index contributed by atoms with van der Waals surface area (Å²) in [6.07, 6.45) is 6.14. The smallest absolute Gasteiger partial charge is 0.263 e. The van der Waals surface area contributed by atoms with Crippen LogP contribution in [0.4, 0.5) is 0 Å². The molecule has 3 rings (SSSR count). The maximum atomic E-state index is 12.0. The molecule has 0 saturated carbocycles. The molecule has 0 fully saturated rings. The van der Waals surface area contributed by atoms with Crippen LogP contribution in [0.5, 0.6) is 0 Å². The Morgan fingerprint density at radius 2 is 2.00 bits per heavy atom. The lowest BCUT2D eigenvalue weighted by Crippen LogP contribution is -2.29. The maximum Gasteiger partial charge on any atom is 0.263 e. The Kier molecular flexibility index (Phi) is 8.47. The normalized spacial score (nSPS) is 18.6. The van der Waals surface area contributed by atoms with Gasteiger partial charge in [0.15, 0.2) is 0 Å². The number of sulfonamides is 1. The summed E-state index contributed by atoms with van der Waals surface area (Å²) in [5, 5.41) is 6.22. The van der Waals surface area contributed by atoms with Gasteiger partial charge in [0.05, 0.1) is 4.90 Å². The van der Waals surface area contributed by atoms with Crippen molar-refractivity contribution in [2.45, 2.75) is 37.0 Å². The van der Waals surface area contributed by atoms with Gasteiger partial charge < -0.3 is 10.6 Å². The monoisotopic (exact) mass is 426 g/mol. The number of unbranched alkanes of at least 4 members (excludes halogenated alkanes) is 2. The van der Waals surface area contributed by atoms with Gasteiger partial charge >= 0.3 is 0 Å². The van der Waals surface area contributed by atoms with Crippen LogP contribution in [0.25, 0.3) is 0 Å². The fourth-order valence-corrected chi connectivity index (χ4v) is 4.40. The Bertz CT molecular complexity index is 852. The van der Waals surface area contributed by atoms with Gasteiger partial charge in [-0.25, -0.2) is 8.42 Å². The molecule has 1 aromatic carbocycles. The van der Waals surface area contributed by atoms with Gasteiger partial charge in [-0.05, 0) is 37.9 Å². The average Bonchev–Trinajstić information content (AvgIpc) is 2.94. The first kappa shape index (κ1) is 22.4. The van der Waals surface area contributed by atoms with Crippen molar-refractivity contribution in [3.05, 3.63) is 41.5 Å². The minimum absolute atomic E-state index is 0. The number of fused-ring (bicyclic) bond motifs is 1. The lowest BCUT2D eigenvalue weighted by atomic mass is 10.1. The average molecular weight is 427 g/mol. The SMILES string of the molecule is Cl.O=C(CCCCCN=C1NS(=O)(=O)c2ccccc21)NCC1=CCNCC1. The van der Waals surface area contributed by atoms with E-state index in [1.807, 2.05) is 0 Å². The summed E-state index contributed by atoms with van der Waals surface area (Å²) in [6, 6.07) is 6.84. The number of hydrogen-bond donors (Lipinski definition) is 3. The molecule has 2 heterocycles. The number of halogens is 1. The predicted octanol–water partition coefficient (Wildman–Crippen LogP) is 1.74. The molecule has 1 aromatic rings. The molecule has 154 valence electrons. The predicted molar refractivity (Wildman–Crippen MR) is 112 cm³/mol. The molecular formula is C19H27ClN4O3S. The van der Waals surface area contributed by atoms with Crippen LogP contribution in [0, 0.1) is 0 Å². The molecule has 0 radical (unpaired) electrons. The Morgan fingerprint density at radius 3 is 2.79 bits per heavy atom. The second-order valence-corrected chi connectivity index (χ2v) is 8.39. The number of nitrogens with zero attached hydrogens (tertiary/aromatic N) is 1. The molecule has 0 aromatic heterocycles. The van der Waals surface area contributed by atoms with E-state index in [0.29, 0.717) is 30.9 Å².